The highest BCUT2D eigenvalue weighted by Gasteiger charge is 2.33. The Morgan fingerprint density at radius 3 is 2.30 bits per heavy atom. The van der Waals surface area contributed by atoms with E-state index < -0.39 is 24.3 Å². The summed E-state index contributed by atoms with van der Waals surface area (Å²) in [6.07, 6.45) is -2.71. The zero-order valence-electron chi connectivity index (χ0n) is 16.0. The van der Waals surface area contributed by atoms with Crippen LogP contribution in [0.2, 0.25) is 0 Å². The highest BCUT2D eigenvalue weighted by Crippen LogP contribution is 2.32. The van der Waals surface area contributed by atoms with Gasteiger partial charge in [-0.3, -0.25) is 9.59 Å². The monoisotopic (exact) mass is 388 g/mol. The molecular weight excluding hydrogens is 361 g/mol. The van der Waals surface area contributed by atoms with E-state index in [0.717, 1.165) is 18.9 Å². The number of carbonyl (C=O) groups excluding carboxylic acids is 2. The fourth-order valence-electron chi connectivity index (χ4n) is 2.57. The van der Waals surface area contributed by atoms with Gasteiger partial charge >= 0.3 is 18.1 Å². The molecule has 1 aromatic carbocycles. The van der Waals surface area contributed by atoms with Gasteiger partial charge in [0.05, 0.1) is 5.56 Å². The summed E-state index contributed by atoms with van der Waals surface area (Å²) in [4.78, 5) is 23.6. The van der Waals surface area contributed by atoms with Crippen LogP contribution in [-0.4, -0.2) is 18.0 Å². The first kappa shape index (κ1) is 23.0. The molecule has 7 heteroatoms. The minimum atomic E-state index is -4.50. The quantitative estimate of drug-likeness (QED) is 0.511. The van der Waals surface area contributed by atoms with Gasteiger partial charge in [-0.15, -0.1) is 0 Å². The molecule has 1 rings (SSSR count). The molecule has 1 aromatic rings. The predicted molar refractivity (Wildman–Crippen MR) is 94.7 cm³/mol. The van der Waals surface area contributed by atoms with Gasteiger partial charge in [-0.1, -0.05) is 45.4 Å². The van der Waals surface area contributed by atoms with E-state index in [4.69, 9.17) is 9.47 Å². The summed E-state index contributed by atoms with van der Waals surface area (Å²) in [5, 5.41) is 0. The van der Waals surface area contributed by atoms with E-state index in [0.29, 0.717) is 0 Å². The Bertz CT molecular complexity index is 611. The minimum absolute atomic E-state index is 0.0522. The maximum atomic E-state index is 12.9. The van der Waals surface area contributed by atoms with Crippen LogP contribution in [0.5, 0.6) is 0 Å². The van der Waals surface area contributed by atoms with Crippen molar-refractivity contribution < 1.29 is 32.2 Å². The fraction of sp³-hybridized carbons (Fsp3) is 0.600. The smallest absolute Gasteiger partial charge is 0.416 e. The van der Waals surface area contributed by atoms with Crippen molar-refractivity contribution in [3.8, 4) is 0 Å². The fourth-order valence-corrected chi connectivity index (χ4v) is 2.57. The van der Waals surface area contributed by atoms with Crippen molar-refractivity contribution in [3.05, 3.63) is 35.4 Å². The lowest BCUT2D eigenvalue weighted by Crippen LogP contribution is -2.23. The maximum Gasteiger partial charge on any atom is 0.416 e. The number of alkyl halides is 3. The molecule has 152 valence electrons. The molecule has 0 aliphatic heterocycles. The number of benzene rings is 1. The van der Waals surface area contributed by atoms with Crippen molar-refractivity contribution >= 4 is 11.9 Å². The Morgan fingerprint density at radius 1 is 1.07 bits per heavy atom. The van der Waals surface area contributed by atoms with Crippen molar-refractivity contribution in [1.82, 2.24) is 0 Å². The van der Waals surface area contributed by atoms with Gasteiger partial charge in [-0.2, -0.15) is 13.2 Å². The molecule has 0 aromatic heterocycles. The molecule has 0 bridgehead atoms. The van der Waals surface area contributed by atoms with Crippen LogP contribution in [0.3, 0.4) is 0 Å². The zero-order chi connectivity index (χ0) is 20.4. The van der Waals surface area contributed by atoms with E-state index in [1.54, 1.807) is 0 Å². The first-order chi connectivity index (χ1) is 12.6. The third-order valence-electron chi connectivity index (χ3n) is 4.07. The minimum Gasteiger partial charge on any atom is -0.462 e. The lowest BCUT2D eigenvalue weighted by atomic mass is 10.0. The van der Waals surface area contributed by atoms with Gasteiger partial charge < -0.3 is 9.47 Å². The Morgan fingerprint density at radius 2 is 1.70 bits per heavy atom. The highest BCUT2D eigenvalue weighted by atomic mass is 19.4. The van der Waals surface area contributed by atoms with Gasteiger partial charge in [0.2, 0.25) is 0 Å². The molecule has 1 atom stereocenters. The number of hydrogen-bond acceptors (Lipinski definition) is 4. The number of rotatable bonds is 10. The lowest BCUT2D eigenvalue weighted by Gasteiger charge is -2.20. The van der Waals surface area contributed by atoms with Crippen molar-refractivity contribution in [2.24, 2.45) is 5.92 Å². The third-order valence-corrected chi connectivity index (χ3v) is 4.07. The Labute approximate surface area is 158 Å². The molecule has 27 heavy (non-hydrogen) atoms. The van der Waals surface area contributed by atoms with Crippen LogP contribution in [0.15, 0.2) is 24.3 Å². The number of hydrogen-bond donors (Lipinski definition) is 0. The van der Waals surface area contributed by atoms with E-state index in [1.165, 1.54) is 18.2 Å². The molecular formula is C20H27F3O4. The van der Waals surface area contributed by atoms with E-state index in [2.05, 4.69) is 0 Å². The van der Waals surface area contributed by atoms with Crippen LogP contribution >= 0.6 is 0 Å². The van der Waals surface area contributed by atoms with Crippen LogP contribution in [0.25, 0.3) is 0 Å². The van der Waals surface area contributed by atoms with E-state index in [1.807, 2.05) is 20.8 Å². The van der Waals surface area contributed by atoms with Gasteiger partial charge in [0.1, 0.15) is 12.7 Å². The van der Waals surface area contributed by atoms with Crippen LogP contribution in [0.1, 0.15) is 64.0 Å². The van der Waals surface area contributed by atoms with Gasteiger partial charge in [-0.25, -0.2) is 0 Å². The molecule has 0 N–H and O–H groups in total. The molecule has 0 aliphatic rings. The summed E-state index contributed by atoms with van der Waals surface area (Å²) in [7, 11) is 0. The summed E-state index contributed by atoms with van der Waals surface area (Å²) in [5.74, 6) is -0.807. The second-order valence-corrected chi connectivity index (χ2v) is 6.73. The Balaban J connectivity index is 2.39. The van der Waals surface area contributed by atoms with Crippen LogP contribution in [0.4, 0.5) is 13.2 Å². The first-order valence-corrected chi connectivity index (χ1v) is 9.15. The van der Waals surface area contributed by atoms with E-state index in [-0.39, 0.29) is 42.8 Å². The number of halogens is 3. The Kier molecular flexibility index (Phi) is 9.32. The van der Waals surface area contributed by atoms with Gasteiger partial charge in [0.25, 0.3) is 0 Å². The molecule has 1 unspecified atom stereocenters. The summed E-state index contributed by atoms with van der Waals surface area (Å²) in [6.45, 7) is 5.51. The van der Waals surface area contributed by atoms with E-state index in [9.17, 15) is 22.8 Å². The molecule has 0 radical (unpaired) electrons. The largest absolute Gasteiger partial charge is 0.462 e. The van der Waals surface area contributed by atoms with Gasteiger partial charge in [-0.05, 0) is 24.8 Å². The summed E-state index contributed by atoms with van der Waals surface area (Å²) in [5.41, 5.74) is -0.922. The van der Waals surface area contributed by atoms with Crippen molar-refractivity contribution in [3.63, 3.8) is 0 Å². The maximum absolute atomic E-state index is 12.9. The number of carbonyl (C=O) groups is 2. The van der Waals surface area contributed by atoms with Crippen molar-refractivity contribution in [2.45, 2.75) is 71.8 Å². The molecule has 0 aliphatic carbocycles. The average Bonchev–Trinajstić information content (AvgIpc) is 2.59. The average molecular weight is 388 g/mol. The SMILES string of the molecule is CCCC(OC(=O)CCCC(=O)OCc1ccccc1C(F)(F)F)C(C)C. The van der Waals surface area contributed by atoms with Crippen molar-refractivity contribution in [2.75, 3.05) is 0 Å². The predicted octanol–water partition coefficient (Wildman–Crippen LogP) is 5.29. The molecule has 0 amide bonds. The van der Waals surface area contributed by atoms with Crippen LogP contribution in [-0.2, 0) is 31.8 Å². The number of ether oxygens (including phenoxy) is 2. The number of esters is 2. The first-order valence-electron chi connectivity index (χ1n) is 9.15. The molecule has 4 nitrogen and oxygen atoms in total. The molecule has 0 spiro atoms. The second-order valence-electron chi connectivity index (χ2n) is 6.73. The van der Waals surface area contributed by atoms with Gasteiger partial charge in [0.15, 0.2) is 0 Å². The zero-order valence-corrected chi connectivity index (χ0v) is 16.0. The summed E-state index contributed by atoms with van der Waals surface area (Å²) < 4.78 is 49.0. The molecule has 0 fully saturated rings. The third kappa shape index (κ3) is 8.45. The highest BCUT2D eigenvalue weighted by molar-refractivity contribution is 5.72. The topological polar surface area (TPSA) is 52.6 Å². The summed E-state index contributed by atoms with van der Waals surface area (Å²) in [6, 6.07) is 4.95. The summed E-state index contributed by atoms with van der Waals surface area (Å²) >= 11 is 0. The van der Waals surface area contributed by atoms with Crippen LogP contribution < -0.4 is 0 Å². The molecule has 0 saturated carbocycles. The van der Waals surface area contributed by atoms with E-state index >= 15 is 0 Å². The molecule has 0 heterocycles. The molecule has 0 saturated heterocycles. The second kappa shape index (κ2) is 10.9. The van der Waals surface area contributed by atoms with Gasteiger partial charge in [0, 0.05) is 18.4 Å². The Hall–Kier alpha value is -2.05. The normalized spacial score (nSPS) is 12.7. The standard InChI is InChI=1S/C20H27F3O4/c1-4-8-17(14(2)3)27-19(25)12-7-11-18(24)26-13-15-9-5-6-10-16(15)20(21,22)23/h5-6,9-10,14,17H,4,7-8,11-13H2,1-3H3. The van der Waals surface area contributed by atoms with Crippen LogP contribution in [0, 0.1) is 5.92 Å². The lowest BCUT2D eigenvalue weighted by molar-refractivity contribution is -0.152. The van der Waals surface area contributed by atoms with Crippen molar-refractivity contribution in [1.29, 1.82) is 0 Å².